The van der Waals surface area contributed by atoms with Gasteiger partial charge in [-0.25, -0.2) is 0 Å². The van der Waals surface area contributed by atoms with E-state index >= 15 is 0 Å². The summed E-state index contributed by atoms with van der Waals surface area (Å²) in [6.07, 6.45) is 0.649. The minimum absolute atomic E-state index is 0.225. The second-order valence-electron chi connectivity index (χ2n) is 8.13. The van der Waals surface area contributed by atoms with Crippen LogP contribution in [-0.2, 0) is 0 Å². The first kappa shape index (κ1) is 21.8. The molecule has 0 unspecified atom stereocenters. The molecule has 0 bridgehead atoms. The van der Waals surface area contributed by atoms with Gasteiger partial charge in [-0.15, -0.1) is 21.5 Å². The molecule has 0 fully saturated rings. The van der Waals surface area contributed by atoms with Gasteiger partial charge in [-0.1, -0.05) is 60.3 Å². The zero-order valence-corrected chi connectivity index (χ0v) is 20.3. The Morgan fingerprint density at radius 2 is 1.54 bits per heavy atom. The number of para-hydroxylation sites is 1. The van der Waals surface area contributed by atoms with E-state index < -0.39 is 0 Å². The van der Waals surface area contributed by atoms with E-state index in [2.05, 4.69) is 14.8 Å². The van der Waals surface area contributed by atoms with E-state index in [4.69, 9.17) is 0 Å². The maximum absolute atomic E-state index is 13.1. The van der Waals surface area contributed by atoms with Gasteiger partial charge in [0, 0.05) is 34.5 Å². The number of nitrogens with zero attached hydrogens (tertiary/aromatic N) is 4. The van der Waals surface area contributed by atoms with Crippen molar-refractivity contribution in [1.29, 1.82) is 0 Å². The minimum atomic E-state index is -0.225. The molecule has 8 heteroatoms. The highest BCUT2D eigenvalue weighted by atomic mass is 32.2. The molecule has 35 heavy (non-hydrogen) atoms. The molecule has 3 aromatic carbocycles. The van der Waals surface area contributed by atoms with E-state index in [9.17, 15) is 9.59 Å². The molecule has 1 aliphatic heterocycles. The first-order valence-electron chi connectivity index (χ1n) is 11.3. The van der Waals surface area contributed by atoms with Crippen LogP contribution in [0.1, 0.15) is 27.1 Å². The molecule has 5 aromatic rings. The van der Waals surface area contributed by atoms with Crippen LogP contribution in [0, 0.1) is 0 Å². The molecule has 0 saturated heterocycles. The van der Waals surface area contributed by atoms with Gasteiger partial charge in [-0.05, 0) is 47.5 Å². The number of thioether (sulfide) groups is 1. The third kappa shape index (κ3) is 3.84. The third-order valence-corrected chi connectivity index (χ3v) is 7.88. The predicted octanol–water partition coefficient (Wildman–Crippen LogP) is 5.93. The fraction of sp³-hybridized carbons (Fsp3) is 0.111. The minimum Gasteiger partial charge on any atom is -0.274 e. The summed E-state index contributed by atoms with van der Waals surface area (Å²) in [5.74, 6) is 1.05. The van der Waals surface area contributed by atoms with Crippen LogP contribution in [0.2, 0.25) is 0 Å². The summed E-state index contributed by atoms with van der Waals surface area (Å²) in [7, 11) is 0. The standard InChI is InChI=1S/C27H20N4O2S2/c32-25-20-12-4-8-18-9-5-13-21(23(18)20)26(33)30(25)15-7-17-35-27-29-28-24(22-14-6-16-34-22)31(27)19-10-2-1-3-11-19/h1-6,8-14,16H,7,15,17H2. The van der Waals surface area contributed by atoms with E-state index in [0.717, 1.165) is 32.3 Å². The number of hydrogen-bond donors (Lipinski definition) is 0. The molecule has 6 rings (SSSR count). The van der Waals surface area contributed by atoms with Crippen LogP contribution in [0.25, 0.3) is 27.2 Å². The summed E-state index contributed by atoms with van der Waals surface area (Å²) < 4.78 is 2.06. The van der Waals surface area contributed by atoms with Crippen molar-refractivity contribution < 1.29 is 9.59 Å². The lowest BCUT2D eigenvalue weighted by atomic mass is 9.94. The molecule has 2 aromatic heterocycles. The first-order chi connectivity index (χ1) is 17.2. The van der Waals surface area contributed by atoms with E-state index in [1.807, 2.05) is 72.1 Å². The number of amides is 2. The van der Waals surface area contributed by atoms with Crippen LogP contribution < -0.4 is 0 Å². The fourth-order valence-corrected chi connectivity index (χ4v) is 5.98. The zero-order valence-electron chi connectivity index (χ0n) is 18.6. The molecule has 0 N–H and O–H groups in total. The van der Waals surface area contributed by atoms with Crippen LogP contribution in [0.15, 0.2) is 89.4 Å². The molecule has 0 saturated carbocycles. The number of carbonyl (C=O) groups excluding carboxylic acids is 2. The lowest BCUT2D eigenvalue weighted by molar-refractivity contribution is 0.0611. The number of hydrogen-bond acceptors (Lipinski definition) is 6. The summed E-state index contributed by atoms with van der Waals surface area (Å²) >= 11 is 3.20. The molecule has 1 aliphatic rings. The van der Waals surface area contributed by atoms with Gasteiger partial charge < -0.3 is 0 Å². The number of imide groups is 1. The van der Waals surface area contributed by atoms with Crippen molar-refractivity contribution in [3.8, 4) is 16.4 Å². The monoisotopic (exact) mass is 496 g/mol. The van der Waals surface area contributed by atoms with Crippen LogP contribution in [0.3, 0.4) is 0 Å². The molecular weight excluding hydrogens is 476 g/mol. The van der Waals surface area contributed by atoms with Crippen molar-refractivity contribution in [2.45, 2.75) is 11.6 Å². The van der Waals surface area contributed by atoms with Gasteiger partial charge in [0.15, 0.2) is 11.0 Å². The van der Waals surface area contributed by atoms with Crippen LogP contribution in [0.5, 0.6) is 0 Å². The van der Waals surface area contributed by atoms with Gasteiger partial charge >= 0.3 is 0 Å². The van der Waals surface area contributed by atoms with Gasteiger partial charge in [0.05, 0.1) is 4.88 Å². The Morgan fingerprint density at radius 3 is 2.23 bits per heavy atom. The van der Waals surface area contributed by atoms with Gasteiger partial charge in [-0.2, -0.15) is 0 Å². The molecule has 6 nitrogen and oxygen atoms in total. The largest absolute Gasteiger partial charge is 0.274 e. The average molecular weight is 497 g/mol. The second-order valence-corrected chi connectivity index (χ2v) is 10.1. The maximum Gasteiger partial charge on any atom is 0.261 e. The average Bonchev–Trinajstić information content (AvgIpc) is 3.57. The molecule has 0 radical (unpaired) electrons. The summed E-state index contributed by atoms with van der Waals surface area (Å²) in [5, 5.41) is 13.4. The second kappa shape index (κ2) is 9.13. The molecule has 0 atom stereocenters. The Morgan fingerprint density at radius 1 is 0.800 bits per heavy atom. The maximum atomic E-state index is 13.1. The highest BCUT2D eigenvalue weighted by Crippen LogP contribution is 2.32. The summed E-state index contributed by atoms with van der Waals surface area (Å²) in [4.78, 5) is 28.7. The van der Waals surface area contributed by atoms with E-state index in [-0.39, 0.29) is 11.8 Å². The Kier molecular flexibility index (Phi) is 5.67. The smallest absolute Gasteiger partial charge is 0.261 e. The number of rotatable bonds is 7. The lowest BCUT2D eigenvalue weighted by Gasteiger charge is -2.27. The normalized spacial score (nSPS) is 13.1. The third-order valence-electron chi connectivity index (χ3n) is 6.00. The first-order valence-corrected chi connectivity index (χ1v) is 13.1. The Bertz CT molecular complexity index is 1490. The molecule has 0 aliphatic carbocycles. The molecule has 0 spiro atoms. The lowest BCUT2D eigenvalue weighted by Crippen LogP contribution is -2.41. The zero-order chi connectivity index (χ0) is 23.8. The highest BCUT2D eigenvalue weighted by Gasteiger charge is 2.32. The van der Waals surface area contributed by atoms with Crippen molar-refractivity contribution in [3.05, 3.63) is 95.4 Å². The van der Waals surface area contributed by atoms with Crippen molar-refractivity contribution in [2.24, 2.45) is 0 Å². The number of aromatic nitrogens is 3. The van der Waals surface area contributed by atoms with Crippen LogP contribution in [0.4, 0.5) is 0 Å². The van der Waals surface area contributed by atoms with Crippen LogP contribution >= 0.6 is 23.1 Å². The van der Waals surface area contributed by atoms with Gasteiger partial charge in [0.1, 0.15) is 0 Å². The predicted molar refractivity (Wildman–Crippen MR) is 139 cm³/mol. The van der Waals surface area contributed by atoms with Gasteiger partial charge in [0.2, 0.25) is 0 Å². The fourth-order valence-electron chi connectivity index (χ4n) is 4.41. The van der Waals surface area contributed by atoms with Gasteiger partial charge in [0.25, 0.3) is 11.8 Å². The Balaban J connectivity index is 1.20. The SMILES string of the molecule is O=C1c2cccc3cccc(c23)C(=O)N1CCCSc1nnc(-c2cccs2)n1-c1ccccc1. The molecule has 2 amide bonds. The molecule has 3 heterocycles. The Labute approximate surface area is 210 Å². The van der Waals surface area contributed by atoms with E-state index in [1.165, 1.54) is 4.90 Å². The van der Waals surface area contributed by atoms with E-state index in [0.29, 0.717) is 29.8 Å². The number of thiophene rings is 1. The quantitative estimate of drug-likeness (QED) is 0.159. The van der Waals surface area contributed by atoms with Crippen molar-refractivity contribution >= 4 is 45.7 Å². The summed E-state index contributed by atoms with van der Waals surface area (Å²) in [5.41, 5.74) is 2.18. The number of carbonyl (C=O) groups is 2. The Hall–Kier alpha value is -3.75. The van der Waals surface area contributed by atoms with E-state index in [1.54, 1.807) is 35.2 Å². The summed E-state index contributed by atoms with van der Waals surface area (Å²) in [6, 6.07) is 25.3. The topological polar surface area (TPSA) is 68.1 Å². The highest BCUT2D eigenvalue weighted by molar-refractivity contribution is 7.99. The molecule has 172 valence electrons. The van der Waals surface area contributed by atoms with Crippen molar-refractivity contribution in [1.82, 2.24) is 19.7 Å². The summed E-state index contributed by atoms with van der Waals surface area (Å²) in [6.45, 7) is 0.354. The van der Waals surface area contributed by atoms with Crippen molar-refractivity contribution in [3.63, 3.8) is 0 Å². The van der Waals surface area contributed by atoms with Gasteiger partial charge in [-0.3, -0.25) is 19.1 Å². The van der Waals surface area contributed by atoms with Crippen LogP contribution in [-0.4, -0.2) is 43.8 Å². The molecular formula is C27H20N4O2S2. The number of benzene rings is 3. The van der Waals surface area contributed by atoms with Crippen molar-refractivity contribution in [2.75, 3.05) is 12.3 Å².